The van der Waals surface area contributed by atoms with Crippen molar-refractivity contribution in [3.63, 3.8) is 0 Å². The van der Waals surface area contributed by atoms with Crippen molar-refractivity contribution in [1.29, 1.82) is 5.26 Å². The van der Waals surface area contributed by atoms with E-state index < -0.39 is 37.1 Å². The Morgan fingerprint density at radius 2 is 1.88 bits per heavy atom. The molecule has 5 N–H and O–H groups in total. The Balaban J connectivity index is 1.14. The normalized spacial score (nSPS) is 31.2. The molecule has 8 atom stereocenters. The van der Waals surface area contributed by atoms with E-state index in [1.165, 1.54) is 0 Å². The van der Waals surface area contributed by atoms with Crippen molar-refractivity contribution in [3.8, 4) is 11.8 Å². The molecule has 3 fully saturated rings. The second kappa shape index (κ2) is 13.7. The van der Waals surface area contributed by atoms with Gasteiger partial charge in [-0.3, -0.25) is 4.79 Å². The van der Waals surface area contributed by atoms with Crippen LogP contribution >= 0.6 is 11.6 Å². The minimum absolute atomic E-state index is 0.0159. The molecule has 0 aromatic heterocycles. The monoisotopic (exact) mass is 599 g/mol. The maximum atomic E-state index is 12.5. The van der Waals surface area contributed by atoms with E-state index in [0.717, 1.165) is 49.0 Å². The van der Waals surface area contributed by atoms with Crippen molar-refractivity contribution < 1.29 is 34.7 Å². The van der Waals surface area contributed by atoms with Gasteiger partial charge in [-0.15, -0.1) is 0 Å². The van der Waals surface area contributed by atoms with Crippen LogP contribution < -0.4 is 10.1 Å². The number of rotatable bonds is 9. The minimum Gasteiger partial charge on any atom is -0.490 e. The zero-order valence-corrected chi connectivity index (χ0v) is 24.1. The number of halogens is 1. The molecule has 2 saturated heterocycles. The lowest BCUT2D eigenvalue weighted by molar-refractivity contribution is -0.231. The molecule has 0 bridgehead atoms. The van der Waals surface area contributed by atoms with E-state index in [-0.39, 0.29) is 30.6 Å². The molecule has 2 heterocycles. The Labute approximate surface area is 250 Å². The number of nitrogens with one attached hydrogen (secondary N) is 1. The smallest absolute Gasteiger partial charge is 0.237 e. The van der Waals surface area contributed by atoms with Crippen molar-refractivity contribution in [2.45, 2.75) is 87.2 Å². The summed E-state index contributed by atoms with van der Waals surface area (Å²) >= 11 is 6.48. The van der Waals surface area contributed by atoms with E-state index in [4.69, 9.17) is 21.1 Å². The van der Waals surface area contributed by atoms with Crippen LogP contribution in [0.25, 0.3) is 0 Å². The molecule has 226 valence electrons. The summed E-state index contributed by atoms with van der Waals surface area (Å²) in [4.78, 5) is 14.2. The molecule has 10 nitrogen and oxygen atoms in total. The highest BCUT2D eigenvalue weighted by Gasteiger charge is 2.44. The SMILES string of the molecule is N#C[C@@H]1CCCN1C(=O)CN[C@@H]1CC[C@@H](Oc2ccc(Cc3cc([C@@H]4O[C@H](CO)[C@@H](O)[C@H](O)[C@H]4O)ccc3Cl)cc2)C1. The lowest BCUT2D eigenvalue weighted by atomic mass is 9.90. The van der Waals surface area contributed by atoms with Gasteiger partial charge in [0.1, 0.15) is 48.4 Å². The van der Waals surface area contributed by atoms with Crippen LogP contribution in [0.5, 0.6) is 5.75 Å². The van der Waals surface area contributed by atoms with Crippen molar-refractivity contribution in [3.05, 3.63) is 64.2 Å². The Kier molecular flexibility index (Phi) is 10.0. The van der Waals surface area contributed by atoms with Crippen LogP contribution in [-0.4, -0.2) is 93.5 Å². The van der Waals surface area contributed by atoms with Crippen LogP contribution in [0.3, 0.4) is 0 Å². The van der Waals surface area contributed by atoms with Crippen molar-refractivity contribution in [1.82, 2.24) is 10.2 Å². The molecular weight excluding hydrogens is 562 g/mol. The first-order valence-corrected chi connectivity index (χ1v) is 14.9. The first-order chi connectivity index (χ1) is 20.3. The average molecular weight is 600 g/mol. The largest absolute Gasteiger partial charge is 0.490 e. The zero-order chi connectivity index (χ0) is 29.8. The van der Waals surface area contributed by atoms with E-state index in [2.05, 4.69) is 11.4 Å². The maximum Gasteiger partial charge on any atom is 0.237 e. The lowest BCUT2D eigenvalue weighted by Gasteiger charge is -2.40. The standard InChI is InChI=1S/C31H38ClN3O7/c32-25-10-5-19(31-30(40)29(39)28(38)26(17-36)42-31)13-20(25)12-18-3-7-23(8-4-18)41-24-9-6-21(14-24)34-16-27(37)35-11-1-2-22(35)15-33/h3-5,7-8,10,13,21-22,24,26,28-31,34,36,38-40H,1-2,6,9,11-12,14,16-17H2/t21-,22+,24-,26-,28-,29+,30-,31+/m1/s1. The lowest BCUT2D eigenvalue weighted by Crippen LogP contribution is -2.55. The second-order valence-corrected chi connectivity index (χ2v) is 11.8. The molecular formula is C31H38ClN3O7. The van der Waals surface area contributed by atoms with Gasteiger partial charge in [0.05, 0.1) is 19.2 Å². The molecule has 0 radical (unpaired) electrons. The summed E-state index contributed by atoms with van der Waals surface area (Å²) in [6, 6.07) is 15.1. The van der Waals surface area contributed by atoms with Crippen LogP contribution in [0.2, 0.25) is 5.02 Å². The Morgan fingerprint density at radius 1 is 1.10 bits per heavy atom. The number of nitriles is 1. The average Bonchev–Trinajstić information content (AvgIpc) is 3.67. The number of amides is 1. The highest BCUT2D eigenvalue weighted by molar-refractivity contribution is 6.31. The third-order valence-electron chi connectivity index (χ3n) is 8.56. The van der Waals surface area contributed by atoms with Crippen molar-refractivity contribution >= 4 is 17.5 Å². The number of benzene rings is 2. The predicted octanol–water partition coefficient (Wildman–Crippen LogP) is 1.85. The number of hydrogen-bond donors (Lipinski definition) is 5. The third kappa shape index (κ3) is 6.90. The van der Waals surface area contributed by atoms with Crippen LogP contribution in [0.1, 0.15) is 54.9 Å². The fourth-order valence-electron chi connectivity index (χ4n) is 6.15. The number of nitrogens with zero attached hydrogens (tertiary/aromatic N) is 2. The van der Waals surface area contributed by atoms with E-state index in [1.807, 2.05) is 24.3 Å². The van der Waals surface area contributed by atoms with Crippen LogP contribution in [0.4, 0.5) is 0 Å². The van der Waals surface area contributed by atoms with Gasteiger partial charge >= 0.3 is 0 Å². The maximum absolute atomic E-state index is 12.5. The molecule has 3 aliphatic rings. The first kappa shape index (κ1) is 30.7. The summed E-state index contributed by atoms with van der Waals surface area (Å²) in [5.41, 5.74) is 2.38. The summed E-state index contributed by atoms with van der Waals surface area (Å²) in [7, 11) is 0. The number of hydrogen-bond acceptors (Lipinski definition) is 9. The molecule has 42 heavy (non-hydrogen) atoms. The van der Waals surface area contributed by atoms with Gasteiger partial charge in [0.15, 0.2) is 0 Å². The number of aliphatic hydroxyl groups is 4. The van der Waals surface area contributed by atoms with E-state index in [1.54, 1.807) is 23.1 Å². The van der Waals surface area contributed by atoms with E-state index >= 15 is 0 Å². The Bertz CT molecular complexity index is 1270. The van der Waals surface area contributed by atoms with Crippen LogP contribution in [-0.2, 0) is 16.0 Å². The first-order valence-electron chi connectivity index (χ1n) is 14.5. The summed E-state index contributed by atoms with van der Waals surface area (Å²) < 4.78 is 11.9. The van der Waals surface area contributed by atoms with Crippen LogP contribution in [0.15, 0.2) is 42.5 Å². The number of carbonyl (C=O) groups excluding carboxylic acids is 1. The molecule has 2 aromatic carbocycles. The molecule has 2 aromatic rings. The van der Waals surface area contributed by atoms with E-state index in [9.17, 15) is 30.5 Å². The van der Waals surface area contributed by atoms with Gasteiger partial charge in [-0.05, 0) is 73.4 Å². The molecule has 11 heteroatoms. The highest BCUT2D eigenvalue weighted by atomic mass is 35.5. The molecule has 0 spiro atoms. The second-order valence-electron chi connectivity index (χ2n) is 11.4. The van der Waals surface area contributed by atoms with Crippen molar-refractivity contribution in [2.24, 2.45) is 0 Å². The summed E-state index contributed by atoms with van der Waals surface area (Å²) in [6.07, 6.45) is -1.34. The Hall–Kier alpha value is -2.75. The van der Waals surface area contributed by atoms with E-state index in [0.29, 0.717) is 23.6 Å². The van der Waals surface area contributed by atoms with Crippen molar-refractivity contribution in [2.75, 3.05) is 19.7 Å². The third-order valence-corrected chi connectivity index (χ3v) is 8.93. The fraction of sp³-hybridized carbons (Fsp3) is 0.548. The number of ether oxygens (including phenoxy) is 2. The van der Waals surface area contributed by atoms with Crippen LogP contribution in [0, 0.1) is 11.3 Å². The molecule has 1 saturated carbocycles. The quantitative estimate of drug-likeness (QED) is 0.290. The number of aliphatic hydroxyl groups excluding tert-OH is 4. The summed E-state index contributed by atoms with van der Waals surface area (Å²) in [6.45, 7) is 0.405. The predicted molar refractivity (Wildman–Crippen MR) is 154 cm³/mol. The number of likely N-dealkylation sites (tertiary alicyclic amines) is 1. The summed E-state index contributed by atoms with van der Waals surface area (Å²) in [5, 5.41) is 53.4. The van der Waals surface area contributed by atoms with Gasteiger partial charge < -0.3 is 40.1 Å². The molecule has 1 amide bonds. The zero-order valence-electron chi connectivity index (χ0n) is 23.3. The van der Waals surface area contributed by atoms with Gasteiger partial charge in [0.2, 0.25) is 5.91 Å². The van der Waals surface area contributed by atoms with Gasteiger partial charge in [-0.2, -0.15) is 5.26 Å². The van der Waals surface area contributed by atoms with Gasteiger partial charge in [-0.25, -0.2) is 0 Å². The molecule has 0 unspecified atom stereocenters. The number of carbonyl (C=O) groups is 1. The van der Waals surface area contributed by atoms with Gasteiger partial charge in [0.25, 0.3) is 0 Å². The van der Waals surface area contributed by atoms with Gasteiger partial charge in [-0.1, -0.05) is 35.9 Å². The fourth-order valence-corrected chi connectivity index (χ4v) is 6.33. The minimum atomic E-state index is -1.45. The molecule has 2 aliphatic heterocycles. The Morgan fingerprint density at radius 3 is 2.62 bits per heavy atom. The van der Waals surface area contributed by atoms with Gasteiger partial charge in [0, 0.05) is 17.6 Å². The topological polar surface area (TPSA) is 156 Å². The molecule has 1 aliphatic carbocycles. The molecule has 5 rings (SSSR count). The highest BCUT2D eigenvalue weighted by Crippen LogP contribution is 2.34. The summed E-state index contributed by atoms with van der Waals surface area (Å²) in [5.74, 6) is 0.744.